The van der Waals surface area contributed by atoms with E-state index in [1.54, 1.807) is 29.5 Å². The lowest BCUT2D eigenvalue weighted by molar-refractivity contribution is 0.303. The molecule has 1 aromatic carbocycles. The van der Waals surface area contributed by atoms with E-state index in [9.17, 15) is 8.42 Å². The lowest BCUT2D eigenvalue weighted by Crippen LogP contribution is -2.34. The van der Waals surface area contributed by atoms with Crippen LogP contribution in [-0.2, 0) is 10.0 Å². The monoisotopic (exact) mass is 368 g/mol. The molecule has 0 aliphatic carbocycles. The predicted molar refractivity (Wildman–Crippen MR) is 93.4 cm³/mol. The number of likely N-dealkylation sites (N-methyl/N-ethyl adjacent to an activating group) is 1. The number of aromatic nitrogens is 2. The van der Waals surface area contributed by atoms with Gasteiger partial charge in [0.25, 0.3) is 0 Å². The third kappa shape index (κ3) is 3.43. The van der Waals surface area contributed by atoms with Crippen molar-refractivity contribution >= 4 is 44.1 Å². The fourth-order valence-corrected chi connectivity index (χ4v) is 5.01. The normalized spacial score (nSPS) is 13.7. The highest BCUT2D eigenvalue weighted by Gasteiger charge is 2.23. The Hall–Kier alpha value is -1.39. The minimum absolute atomic E-state index is 0.0162. The van der Waals surface area contributed by atoms with Crippen LogP contribution in [0, 0.1) is 0 Å². The van der Waals surface area contributed by atoms with Crippen LogP contribution in [0.25, 0.3) is 11.0 Å². The predicted octanol–water partition coefficient (Wildman–Crippen LogP) is 2.33. The van der Waals surface area contributed by atoms with Gasteiger partial charge in [0.15, 0.2) is 0 Å². The van der Waals surface area contributed by atoms with Crippen LogP contribution in [0.15, 0.2) is 40.6 Å². The third-order valence-corrected chi connectivity index (χ3v) is 6.47. The Balaban J connectivity index is 1.85. The molecule has 0 spiro atoms. The Bertz CT molecular complexity index is 888. The first-order valence-corrected chi connectivity index (χ1v) is 9.99. The van der Waals surface area contributed by atoms with Crippen LogP contribution in [0.2, 0.25) is 0 Å². The second kappa shape index (κ2) is 6.62. The lowest BCUT2D eigenvalue weighted by Gasteiger charge is -2.23. The van der Waals surface area contributed by atoms with E-state index in [4.69, 9.17) is 0 Å². The van der Waals surface area contributed by atoms with Crippen molar-refractivity contribution in [3.8, 4) is 0 Å². The molecule has 1 N–H and O–H groups in total. The van der Waals surface area contributed by atoms with Gasteiger partial charge in [-0.15, -0.1) is 11.3 Å². The molecule has 0 aliphatic heterocycles. The number of benzene rings is 1. The zero-order valence-electron chi connectivity index (χ0n) is 12.6. The summed E-state index contributed by atoms with van der Waals surface area (Å²) in [6.45, 7) is 0.295. The van der Waals surface area contributed by atoms with Gasteiger partial charge in [-0.25, -0.2) is 13.1 Å². The zero-order valence-corrected chi connectivity index (χ0v) is 15.1. The van der Waals surface area contributed by atoms with E-state index >= 15 is 0 Å². The largest absolute Gasteiger partial charge is 0.300 e. The Morgan fingerprint density at radius 2 is 2.04 bits per heavy atom. The number of sulfonamides is 1. The van der Waals surface area contributed by atoms with Crippen molar-refractivity contribution in [1.82, 2.24) is 18.4 Å². The topological polar surface area (TPSA) is 75.2 Å². The fraction of sp³-hybridized carbons (Fsp3) is 0.286. The van der Waals surface area contributed by atoms with Gasteiger partial charge >= 0.3 is 0 Å². The summed E-state index contributed by atoms with van der Waals surface area (Å²) in [5.41, 5.74) is 1.02. The molecule has 0 amide bonds. The van der Waals surface area contributed by atoms with Crippen LogP contribution < -0.4 is 4.72 Å². The summed E-state index contributed by atoms with van der Waals surface area (Å²) < 4.78 is 36.2. The van der Waals surface area contributed by atoms with E-state index in [-0.39, 0.29) is 10.9 Å². The van der Waals surface area contributed by atoms with E-state index < -0.39 is 10.0 Å². The van der Waals surface area contributed by atoms with Gasteiger partial charge < -0.3 is 4.90 Å². The van der Waals surface area contributed by atoms with Gasteiger partial charge in [-0.05, 0) is 37.7 Å². The number of fused-ring (bicyclic) bond motifs is 1. The molecular formula is C14H16N4O2S3. The second-order valence-electron chi connectivity index (χ2n) is 5.23. The highest BCUT2D eigenvalue weighted by molar-refractivity contribution is 7.89. The van der Waals surface area contributed by atoms with Crippen LogP contribution in [0.3, 0.4) is 0 Å². The molecule has 0 bridgehead atoms. The number of hydrogen-bond donors (Lipinski definition) is 1. The quantitative estimate of drug-likeness (QED) is 0.723. The molecule has 1 unspecified atom stereocenters. The molecule has 6 nitrogen and oxygen atoms in total. The first-order valence-electron chi connectivity index (χ1n) is 6.90. The third-order valence-electron chi connectivity index (χ3n) is 3.50. The van der Waals surface area contributed by atoms with Crippen LogP contribution in [0.1, 0.15) is 10.9 Å². The Morgan fingerprint density at radius 1 is 1.22 bits per heavy atom. The smallest absolute Gasteiger partial charge is 0.242 e. The molecule has 2 heterocycles. The van der Waals surface area contributed by atoms with Crippen molar-refractivity contribution < 1.29 is 8.42 Å². The zero-order chi connectivity index (χ0) is 16.4. The molecule has 0 saturated heterocycles. The van der Waals surface area contributed by atoms with Crippen LogP contribution in [0.5, 0.6) is 0 Å². The molecule has 0 radical (unpaired) electrons. The SMILES string of the molecule is CN(C)C(CNS(=O)(=O)c1cccc2nsnc12)c1cccs1. The second-order valence-corrected chi connectivity index (χ2v) is 8.48. The number of rotatable bonds is 6. The highest BCUT2D eigenvalue weighted by Crippen LogP contribution is 2.24. The molecule has 3 rings (SSSR count). The van der Waals surface area contributed by atoms with Crippen molar-refractivity contribution in [2.75, 3.05) is 20.6 Å². The van der Waals surface area contributed by atoms with Gasteiger partial charge in [0.1, 0.15) is 15.9 Å². The number of nitrogens with one attached hydrogen (secondary N) is 1. The summed E-state index contributed by atoms with van der Waals surface area (Å²) in [5, 5.41) is 1.99. The van der Waals surface area contributed by atoms with E-state index in [0.717, 1.165) is 16.6 Å². The average molecular weight is 369 g/mol. The summed E-state index contributed by atoms with van der Waals surface area (Å²) in [6.07, 6.45) is 0. The van der Waals surface area contributed by atoms with Gasteiger partial charge in [-0.1, -0.05) is 12.1 Å². The van der Waals surface area contributed by atoms with Gasteiger partial charge in [-0.2, -0.15) is 8.75 Å². The molecule has 1 atom stereocenters. The van der Waals surface area contributed by atoms with Crippen molar-refractivity contribution in [2.24, 2.45) is 0 Å². The molecule has 122 valence electrons. The molecule has 0 fully saturated rings. The molecule has 0 saturated carbocycles. The summed E-state index contributed by atoms with van der Waals surface area (Å²) >= 11 is 2.62. The van der Waals surface area contributed by atoms with E-state index in [0.29, 0.717) is 17.6 Å². The molecule has 0 aliphatic rings. The minimum atomic E-state index is -3.64. The van der Waals surface area contributed by atoms with Gasteiger partial charge in [-0.3, -0.25) is 0 Å². The molecule has 9 heteroatoms. The molecule has 2 aromatic heterocycles. The Morgan fingerprint density at radius 3 is 2.74 bits per heavy atom. The van der Waals surface area contributed by atoms with Crippen molar-refractivity contribution in [3.05, 3.63) is 40.6 Å². The van der Waals surface area contributed by atoms with Gasteiger partial charge in [0, 0.05) is 11.4 Å². The lowest BCUT2D eigenvalue weighted by atomic mass is 10.2. The first-order chi connectivity index (χ1) is 11.0. The van der Waals surface area contributed by atoms with E-state index in [2.05, 4.69) is 13.5 Å². The van der Waals surface area contributed by atoms with Gasteiger partial charge in [0.05, 0.1) is 17.8 Å². The van der Waals surface area contributed by atoms with Crippen molar-refractivity contribution in [1.29, 1.82) is 0 Å². The first kappa shape index (κ1) is 16.5. The number of thiophene rings is 1. The fourth-order valence-electron chi connectivity index (χ4n) is 2.28. The van der Waals surface area contributed by atoms with Crippen molar-refractivity contribution in [3.63, 3.8) is 0 Å². The summed E-state index contributed by atoms with van der Waals surface area (Å²) in [5.74, 6) is 0. The highest BCUT2D eigenvalue weighted by atomic mass is 32.2. The maximum atomic E-state index is 12.7. The number of nitrogens with zero attached hydrogens (tertiary/aromatic N) is 3. The molecule has 23 heavy (non-hydrogen) atoms. The maximum Gasteiger partial charge on any atom is 0.242 e. The molecular weight excluding hydrogens is 352 g/mol. The van der Waals surface area contributed by atoms with E-state index in [1.807, 2.05) is 36.5 Å². The summed E-state index contributed by atoms with van der Waals surface area (Å²) in [7, 11) is 0.224. The number of hydrogen-bond acceptors (Lipinski definition) is 7. The average Bonchev–Trinajstić information content (AvgIpc) is 3.17. The standard InChI is InChI=1S/C14H16N4O2S3/c1-18(2)11(12-6-4-8-21-12)9-15-23(19,20)13-7-3-5-10-14(13)17-22-16-10/h3-8,11,15H,9H2,1-2H3. The summed E-state index contributed by atoms with van der Waals surface area (Å²) in [4.78, 5) is 3.29. The van der Waals surface area contributed by atoms with Crippen LogP contribution in [0.4, 0.5) is 0 Å². The molecule has 3 aromatic rings. The Labute approximate surface area is 143 Å². The van der Waals surface area contributed by atoms with Crippen molar-refractivity contribution in [2.45, 2.75) is 10.9 Å². The van der Waals surface area contributed by atoms with Gasteiger partial charge in [0.2, 0.25) is 10.0 Å². The van der Waals surface area contributed by atoms with E-state index in [1.165, 1.54) is 0 Å². The van der Waals surface area contributed by atoms with Crippen LogP contribution in [-0.4, -0.2) is 42.7 Å². The maximum absolute atomic E-state index is 12.7. The minimum Gasteiger partial charge on any atom is -0.300 e. The van der Waals surface area contributed by atoms with Crippen LogP contribution >= 0.6 is 23.1 Å². The Kier molecular flexibility index (Phi) is 4.74. The summed E-state index contributed by atoms with van der Waals surface area (Å²) in [6, 6.07) is 8.95.